The van der Waals surface area contributed by atoms with Crippen LogP contribution in [0.15, 0.2) is 0 Å². The summed E-state index contributed by atoms with van der Waals surface area (Å²) in [5.74, 6) is 0.425. The van der Waals surface area contributed by atoms with E-state index in [-0.39, 0.29) is 5.97 Å². The Hall–Kier alpha value is -0.570. The molecule has 1 saturated carbocycles. The van der Waals surface area contributed by atoms with Gasteiger partial charge in [0.2, 0.25) is 0 Å². The Morgan fingerprint density at radius 3 is 2.75 bits per heavy atom. The van der Waals surface area contributed by atoms with E-state index < -0.39 is 6.04 Å². The lowest BCUT2D eigenvalue weighted by molar-refractivity contribution is -0.145. The van der Waals surface area contributed by atoms with Crippen LogP contribution in [-0.4, -0.2) is 18.6 Å². The van der Waals surface area contributed by atoms with Gasteiger partial charge in [-0.3, -0.25) is 4.79 Å². The first-order chi connectivity index (χ1) is 5.74. The highest BCUT2D eigenvalue weighted by Gasteiger charge is 2.24. The third-order valence-electron chi connectivity index (χ3n) is 2.40. The van der Waals surface area contributed by atoms with Gasteiger partial charge in [0.1, 0.15) is 6.04 Å². The van der Waals surface area contributed by atoms with Crippen molar-refractivity contribution in [3.8, 4) is 0 Å². The van der Waals surface area contributed by atoms with Gasteiger partial charge in [-0.1, -0.05) is 19.3 Å². The Morgan fingerprint density at radius 2 is 2.33 bits per heavy atom. The van der Waals surface area contributed by atoms with E-state index in [1.807, 2.05) is 0 Å². The van der Waals surface area contributed by atoms with Gasteiger partial charge in [0.15, 0.2) is 0 Å². The number of hydrogen-bond donors (Lipinski definition) is 1. The molecule has 12 heavy (non-hydrogen) atoms. The first kappa shape index (κ1) is 9.52. The molecule has 0 bridgehead atoms. The molecule has 0 aromatic rings. The van der Waals surface area contributed by atoms with Gasteiger partial charge in [-0.2, -0.15) is 0 Å². The van der Waals surface area contributed by atoms with E-state index >= 15 is 0 Å². The highest BCUT2D eigenvalue weighted by Crippen LogP contribution is 2.30. The standard InChI is InChI=1S/C9H17NO2/c1-2-12-9(11)8(10)6-7-4-3-5-7/h7-8H,2-6,10H2,1H3. The molecule has 0 aromatic carbocycles. The largest absolute Gasteiger partial charge is 0.465 e. The van der Waals surface area contributed by atoms with Crippen molar-refractivity contribution in [3.05, 3.63) is 0 Å². The number of carbonyl (C=O) groups is 1. The first-order valence-electron chi connectivity index (χ1n) is 4.66. The van der Waals surface area contributed by atoms with E-state index in [1.165, 1.54) is 19.3 Å². The summed E-state index contributed by atoms with van der Waals surface area (Å²) in [6.45, 7) is 2.23. The summed E-state index contributed by atoms with van der Waals surface area (Å²) >= 11 is 0. The molecule has 1 rings (SSSR count). The molecular weight excluding hydrogens is 154 g/mol. The molecule has 0 radical (unpaired) electrons. The van der Waals surface area contributed by atoms with Gasteiger partial charge >= 0.3 is 5.97 Å². The second-order valence-electron chi connectivity index (χ2n) is 3.39. The molecule has 0 aliphatic heterocycles. The summed E-state index contributed by atoms with van der Waals surface area (Å²) < 4.78 is 4.81. The van der Waals surface area contributed by atoms with Gasteiger partial charge in [-0.05, 0) is 19.3 Å². The average Bonchev–Trinajstić information content (AvgIpc) is 1.97. The molecule has 2 N–H and O–H groups in total. The average molecular weight is 171 g/mol. The Balaban J connectivity index is 2.16. The van der Waals surface area contributed by atoms with Crippen LogP contribution in [0.2, 0.25) is 0 Å². The second kappa shape index (κ2) is 4.45. The van der Waals surface area contributed by atoms with E-state index in [0.717, 1.165) is 6.42 Å². The van der Waals surface area contributed by atoms with Crippen molar-refractivity contribution in [2.24, 2.45) is 11.7 Å². The molecule has 3 heteroatoms. The van der Waals surface area contributed by atoms with Crippen LogP contribution in [0, 0.1) is 5.92 Å². The number of esters is 1. The van der Waals surface area contributed by atoms with Crippen molar-refractivity contribution in [2.45, 2.75) is 38.6 Å². The molecule has 0 spiro atoms. The first-order valence-corrected chi connectivity index (χ1v) is 4.66. The maximum absolute atomic E-state index is 11.1. The lowest BCUT2D eigenvalue weighted by Gasteiger charge is -2.27. The number of carbonyl (C=O) groups excluding carboxylic acids is 1. The van der Waals surface area contributed by atoms with Crippen molar-refractivity contribution >= 4 is 5.97 Å². The molecule has 70 valence electrons. The Morgan fingerprint density at radius 1 is 1.67 bits per heavy atom. The summed E-state index contributed by atoms with van der Waals surface area (Å²) in [5.41, 5.74) is 5.64. The van der Waals surface area contributed by atoms with Crippen molar-refractivity contribution in [1.29, 1.82) is 0 Å². The molecule has 0 heterocycles. The van der Waals surface area contributed by atoms with Gasteiger partial charge in [0, 0.05) is 0 Å². The monoisotopic (exact) mass is 171 g/mol. The van der Waals surface area contributed by atoms with E-state index in [2.05, 4.69) is 0 Å². The molecule has 1 aliphatic rings. The van der Waals surface area contributed by atoms with Gasteiger partial charge < -0.3 is 10.5 Å². The van der Waals surface area contributed by atoms with E-state index in [9.17, 15) is 4.79 Å². The Kier molecular flexibility index (Phi) is 3.53. The van der Waals surface area contributed by atoms with Crippen molar-refractivity contribution < 1.29 is 9.53 Å². The summed E-state index contributed by atoms with van der Waals surface area (Å²) in [7, 11) is 0. The van der Waals surface area contributed by atoms with Crippen LogP contribution in [0.5, 0.6) is 0 Å². The van der Waals surface area contributed by atoms with Gasteiger partial charge in [0.25, 0.3) is 0 Å². The van der Waals surface area contributed by atoms with Crippen LogP contribution in [0.25, 0.3) is 0 Å². The van der Waals surface area contributed by atoms with E-state index in [0.29, 0.717) is 12.5 Å². The quantitative estimate of drug-likeness (QED) is 0.644. The Labute approximate surface area is 73.3 Å². The minimum absolute atomic E-state index is 0.246. The highest BCUT2D eigenvalue weighted by molar-refractivity contribution is 5.75. The van der Waals surface area contributed by atoms with Gasteiger partial charge in [0.05, 0.1) is 6.61 Å². The molecule has 0 aromatic heterocycles. The SMILES string of the molecule is CCOC(=O)C(N)CC1CCC1. The normalized spacial score (nSPS) is 19.8. The predicted molar refractivity (Wildman–Crippen MR) is 46.6 cm³/mol. The summed E-state index contributed by atoms with van der Waals surface area (Å²) in [5, 5.41) is 0. The highest BCUT2D eigenvalue weighted by atomic mass is 16.5. The number of ether oxygens (including phenoxy) is 1. The van der Waals surface area contributed by atoms with Crippen molar-refractivity contribution in [1.82, 2.24) is 0 Å². The van der Waals surface area contributed by atoms with Crippen molar-refractivity contribution in [3.63, 3.8) is 0 Å². The zero-order valence-corrected chi connectivity index (χ0v) is 7.58. The summed E-state index contributed by atoms with van der Waals surface area (Å²) in [6.07, 6.45) is 4.55. The van der Waals surface area contributed by atoms with Crippen LogP contribution >= 0.6 is 0 Å². The zero-order valence-electron chi connectivity index (χ0n) is 7.58. The maximum atomic E-state index is 11.1. The van der Waals surface area contributed by atoms with Crippen LogP contribution < -0.4 is 5.73 Å². The molecule has 1 fully saturated rings. The Bertz CT molecular complexity index is 155. The molecule has 3 nitrogen and oxygen atoms in total. The zero-order chi connectivity index (χ0) is 8.97. The smallest absolute Gasteiger partial charge is 0.322 e. The number of rotatable bonds is 4. The van der Waals surface area contributed by atoms with Gasteiger partial charge in [-0.25, -0.2) is 0 Å². The third kappa shape index (κ3) is 2.48. The molecule has 0 amide bonds. The molecule has 1 atom stereocenters. The molecule has 1 unspecified atom stereocenters. The summed E-state index contributed by atoms with van der Waals surface area (Å²) in [4.78, 5) is 11.1. The maximum Gasteiger partial charge on any atom is 0.322 e. The topological polar surface area (TPSA) is 52.3 Å². The molecule has 1 aliphatic carbocycles. The number of hydrogen-bond acceptors (Lipinski definition) is 3. The van der Waals surface area contributed by atoms with E-state index in [4.69, 9.17) is 10.5 Å². The second-order valence-corrected chi connectivity index (χ2v) is 3.39. The number of nitrogens with two attached hydrogens (primary N) is 1. The molecular formula is C9H17NO2. The lowest BCUT2D eigenvalue weighted by atomic mass is 9.81. The fourth-order valence-electron chi connectivity index (χ4n) is 1.43. The summed E-state index contributed by atoms with van der Waals surface area (Å²) in [6, 6.07) is -0.393. The van der Waals surface area contributed by atoms with E-state index in [1.54, 1.807) is 6.92 Å². The third-order valence-corrected chi connectivity index (χ3v) is 2.40. The predicted octanol–water partition coefficient (Wildman–Crippen LogP) is 1.07. The van der Waals surface area contributed by atoms with Crippen LogP contribution in [0.1, 0.15) is 32.6 Å². The lowest BCUT2D eigenvalue weighted by Crippen LogP contribution is -2.35. The van der Waals surface area contributed by atoms with Gasteiger partial charge in [-0.15, -0.1) is 0 Å². The fourth-order valence-corrected chi connectivity index (χ4v) is 1.43. The minimum atomic E-state index is -0.393. The minimum Gasteiger partial charge on any atom is -0.465 e. The van der Waals surface area contributed by atoms with Crippen molar-refractivity contribution in [2.75, 3.05) is 6.61 Å². The van der Waals surface area contributed by atoms with Crippen LogP contribution in [0.4, 0.5) is 0 Å². The van der Waals surface area contributed by atoms with Crippen LogP contribution in [0.3, 0.4) is 0 Å². The molecule has 0 saturated heterocycles. The van der Waals surface area contributed by atoms with Crippen LogP contribution in [-0.2, 0) is 9.53 Å². The fraction of sp³-hybridized carbons (Fsp3) is 0.889.